The first kappa shape index (κ1) is 22.3. The zero-order valence-corrected chi connectivity index (χ0v) is 18.8. The van der Waals surface area contributed by atoms with Crippen LogP contribution in [0.2, 0.25) is 0 Å². The van der Waals surface area contributed by atoms with Crippen molar-refractivity contribution in [3.8, 4) is 0 Å². The molecule has 0 aromatic heterocycles. The van der Waals surface area contributed by atoms with E-state index in [0.29, 0.717) is 32.5 Å². The van der Waals surface area contributed by atoms with Gasteiger partial charge in [0.05, 0.1) is 0 Å². The lowest BCUT2D eigenvalue weighted by atomic mass is 9.96. The number of urea groups is 1. The minimum atomic E-state index is -0.0514. The molecule has 170 valence electrons. The highest BCUT2D eigenvalue weighted by Gasteiger charge is 2.27. The van der Waals surface area contributed by atoms with Gasteiger partial charge in [-0.2, -0.15) is 0 Å². The van der Waals surface area contributed by atoms with Crippen LogP contribution in [0.4, 0.5) is 10.5 Å². The highest BCUT2D eigenvalue weighted by atomic mass is 16.2. The van der Waals surface area contributed by atoms with Gasteiger partial charge in [0.2, 0.25) is 5.91 Å². The largest absolute Gasteiger partial charge is 0.334 e. The maximum absolute atomic E-state index is 12.7. The van der Waals surface area contributed by atoms with E-state index in [9.17, 15) is 9.59 Å². The van der Waals surface area contributed by atoms with Crippen LogP contribution in [0.15, 0.2) is 54.6 Å². The van der Waals surface area contributed by atoms with Gasteiger partial charge >= 0.3 is 6.03 Å². The summed E-state index contributed by atoms with van der Waals surface area (Å²) in [5.41, 5.74) is 3.30. The summed E-state index contributed by atoms with van der Waals surface area (Å²) in [6.45, 7) is 5.02. The number of rotatable bonds is 6. The molecule has 2 aliphatic rings. The van der Waals surface area contributed by atoms with E-state index in [1.54, 1.807) is 0 Å². The third kappa shape index (κ3) is 6.10. The van der Waals surface area contributed by atoms with Gasteiger partial charge in [-0.15, -0.1) is 0 Å². The first-order valence-electron chi connectivity index (χ1n) is 11.9. The number of anilines is 1. The molecule has 0 saturated carbocycles. The van der Waals surface area contributed by atoms with Crippen LogP contribution in [0.5, 0.6) is 0 Å². The number of hydrogen-bond acceptors (Lipinski definition) is 3. The van der Waals surface area contributed by atoms with Crippen LogP contribution in [0.1, 0.15) is 43.2 Å². The van der Waals surface area contributed by atoms with Crippen molar-refractivity contribution in [2.24, 2.45) is 5.92 Å². The second-order valence-electron chi connectivity index (χ2n) is 8.88. The summed E-state index contributed by atoms with van der Waals surface area (Å²) in [6, 6.07) is 17.9. The van der Waals surface area contributed by atoms with Crippen LogP contribution in [0.3, 0.4) is 0 Å². The quantitative estimate of drug-likeness (QED) is 0.715. The zero-order chi connectivity index (χ0) is 22.2. The smallest absolute Gasteiger partial charge is 0.317 e. The molecule has 2 heterocycles. The van der Waals surface area contributed by atoms with Gasteiger partial charge < -0.3 is 15.5 Å². The van der Waals surface area contributed by atoms with Crippen molar-refractivity contribution in [1.82, 2.24) is 15.1 Å². The molecule has 0 spiro atoms. The van der Waals surface area contributed by atoms with Gasteiger partial charge in [-0.1, -0.05) is 48.9 Å². The Morgan fingerprint density at radius 1 is 0.812 bits per heavy atom. The number of carbonyl (C=O) groups excluding carboxylic acids is 2. The monoisotopic (exact) mass is 434 g/mol. The molecule has 4 rings (SSSR count). The van der Waals surface area contributed by atoms with E-state index < -0.39 is 0 Å². The van der Waals surface area contributed by atoms with Crippen LogP contribution in [-0.4, -0.2) is 47.9 Å². The Kier molecular flexibility index (Phi) is 7.77. The molecule has 0 radical (unpaired) electrons. The fourth-order valence-electron chi connectivity index (χ4n) is 4.64. The van der Waals surface area contributed by atoms with E-state index in [1.165, 1.54) is 30.4 Å². The molecule has 2 aromatic rings. The summed E-state index contributed by atoms with van der Waals surface area (Å²) < 4.78 is 0. The lowest BCUT2D eigenvalue weighted by molar-refractivity contribution is -0.121. The summed E-state index contributed by atoms with van der Waals surface area (Å²) in [5.74, 6) is -0.00702. The Hall–Kier alpha value is -2.86. The van der Waals surface area contributed by atoms with E-state index in [-0.39, 0.29) is 17.9 Å². The standard InChI is InChI=1S/C26H34N4O2/c31-25(28-24-11-3-1-4-12-24)21-13-17-30(18-14-21)26(32)27-19-22-9-5-6-10-23(22)20-29-15-7-2-8-16-29/h1,3-6,9-12,21H,2,7-8,13-20H2,(H,27,32)(H,28,31). The van der Waals surface area contributed by atoms with Crippen LogP contribution in [-0.2, 0) is 17.9 Å². The van der Waals surface area contributed by atoms with Gasteiger partial charge in [-0.05, 0) is 62.0 Å². The predicted molar refractivity (Wildman–Crippen MR) is 127 cm³/mol. The summed E-state index contributed by atoms with van der Waals surface area (Å²) >= 11 is 0. The third-order valence-electron chi connectivity index (χ3n) is 6.59. The average molecular weight is 435 g/mol. The Bertz CT molecular complexity index is 888. The van der Waals surface area contributed by atoms with Crippen molar-refractivity contribution in [2.75, 3.05) is 31.5 Å². The molecule has 0 unspecified atom stereocenters. The van der Waals surface area contributed by atoms with Crippen LogP contribution >= 0.6 is 0 Å². The molecule has 2 fully saturated rings. The van der Waals surface area contributed by atoms with Gasteiger partial charge in [0.15, 0.2) is 0 Å². The molecule has 0 bridgehead atoms. The van der Waals surface area contributed by atoms with Crippen LogP contribution < -0.4 is 10.6 Å². The highest BCUT2D eigenvalue weighted by molar-refractivity contribution is 5.92. The zero-order valence-electron chi connectivity index (χ0n) is 18.8. The van der Waals surface area contributed by atoms with Crippen molar-refractivity contribution in [3.05, 3.63) is 65.7 Å². The van der Waals surface area contributed by atoms with E-state index in [2.05, 4.69) is 33.7 Å². The van der Waals surface area contributed by atoms with E-state index >= 15 is 0 Å². The lowest BCUT2D eigenvalue weighted by Gasteiger charge is -2.31. The number of hydrogen-bond donors (Lipinski definition) is 2. The molecular formula is C26H34N4O2. The van der Waals surface area contributed by atoms with Gasteiger partial charge in [0.1, 0.15) is 0 Å². The Balaban J connectivity index is 1.24. The van der Waals surface area contributed by atoms with Gasteiger partial charge in [0, 0.05) is 37.8 Å². The molecule has 0 aliphatic carbocycles. The van der Waals surface area contributed by atoms with Crippen molar-refractivity contribution in [1.29, 1.82) is 0 Å². The minimum Gasteiger partial charge on any atom is -0.334 e. The lowest BCUT2D eigenvalue weighted by Crippen LogP contribution is -2.46. The SMILES string of the molecule is O=C(Nc1ccccc1)C1CCN(C(=O)NCc2ccccc2CN2CCCCC2)CC1. The maximum Gasteiger partial charge on any atom is 0.317 e. The second-order valence-corrected chi connectivity index (χ2v) is 8.88. The van der Waals surface area contributed by atoms with Crippen molar-refractivity contribution < 1.29 is 9.59 Å². The number of likely N-dealkylation sites (tertiary alicyclic amines) is 2. The third-order valence-corrected chi connectivity index (χ3v) is 6.59. The molecule has 2 saturated heterocycles. The second kappa shape index (κ2) is 11.1. The Labute approximate surface area is 191 Å². The molecule has 32 heavy (non-hydrogen) atoms. The van der Waals surface area contributed by atoms with E-state index in [4.69, 9.17) is 0 Å². The summed E-state index contributed by atoms with van der Waals surface area (Å²) in [4.78, 5) is 29.6. The molecule has 2 aromatic carbocycles. The predicted octanol–water partition coefficient (Wildman–Crippen LogP) is 4.23. The number of amides is 3. The average Bonchev–Trinajstić information content (AvgIpc) is 2.84. The van der Waals surface area contributed by atoms with Crippen LogP contribution in [0.25, 0.3) is 0 Å². The number of nitrogens with one attached hydrogen (secondary N) is 2. The maximum atomic E-state index is 12.7. The number of para-hydroxylation sites is 1. The van der Waals surface area contributed by atoms with E-state index in [1.807, 2.05) is 41.3 Å². The number of carbonyl (C=O) groups is 2. The first-order chi connectivity index (χ1) is 15.7. The highest BCUT2D eigenvalue weighted by Crippen LogP contribution is 2.20. The molecular weight excluding hydrogens is 400 g/mol. The number of piperidine rings is 2. The Morgan fingerprint density at radius 3 is 2.19 bits per heavy atom. The molecule has 2 aliphatic heterocycles. The topological polar surface area (TPSA) is 64.7 Å². The fraction of sp³-hybridized carbons (Fsp3) is 0.462. The molecule has 6 nitrogen and oxygen atoms in total. The molecule has 0 atom stereocenters. The first-order valence-corrected chi connectivity index (χ1v) is 11.9. The van der Waals surface area contributed by atoms with Gasteiger partial charge in [-0.3, -0.25) is 9.69 Å². The Morgan fingerprint density at radius 2 is 1.47 bits per heavy atom. The van der Waals surface area contributed by atoms with Gasteiger partial charge in [0.25, 0.3) is 0 Å². The van der Waals surface area contributed by atoms with Crippen LogP contribution in [0, 0.1) is 5.92 Å². The molecule has 3 amide bonds. The van der Waals surface area contributed by atoms with E-state index in [0.717, 1.165) is 25.3 Å². The van der Waals surface area contributed by atoms with Crippen molar-refractivity contribution >= 4 is 17.6 Å². The summed E-state index contributed by atoms with van der Waals surface area (Å²) in [7, 11) is 0. The van der Waals surface area contributed by atoms with Gasteiger partial charge in [-0.25, -0.2) is 4.79 Å². The van der Waals surface area contributed by atoms with Crippen molar-refractivity contribution in [2.45, 2.75) is 45.2 Å². The molecule has 2 N–H and O–H groups in total. The summed E-state index contributed by atoms with van der Waals surface area (Å²) in [6.07, 6.45) is 5.27. The number of nitrogens with zero attached hydrogens (tertiary/aromatic N) is 2. The minimum absolute atomic E-state index is 0.0420. The molecule has 6 heteroatoms. The van der Waals surface area contributed by atoms with Crippen molar-refractivity contribution in [3.63, 3.8) is 0 Å². The normalized spacial score (nSPS) is 17.7. The number of benzene rings is 2. The summed E-state index contributed by atoms with van der Waals surface area (Å²) in [5, 5.41) is 6.08. The fourth-order valence-corrected chi connectivity index (χ4v) is 4.64.